The molecule has 0 spiro atoms. The predicted octanol–water partition coefficient (Wildman–Crippen LogP) is 2.79. The van der Waals surface area contributed by atoms with E-state index in [1.165, 1.54) is 24.6 Å². The van der Waals surface area contributed by atoms with Gasteiger partial charge in [0.2, 0.25) is 10.0 Å². The number of nitrogens with one attached hydrogen (secondary N) is 1. The van der Waals surface area contributed by atoms with Crippen molar-refractivity contribution in [3.8, 4) is 0 Å². The average Bonchev–Trinajstić information content (AvgIpc) is 2.68. The smallest absolute Gasteiger partial charge is 0.243 e. The predicted molar refractivity (Wildman–Crippen MR) is 102 cm³/mol. The van der Waals surface area contributed by atoms with Crippen LogP contribution in [0.3, 0.4) is 0 Å². The number of aryl methyl sites for hydroxylation is 1. The molecule has 1 N–H and O–H groups in total. The first kappa shape index (κ1) is 18.8. The van der Waals surface area contributed by atoms with E-state index in [0.29, 0.717) is 25.2 Å². The normalized spacial score (nSPS) is 18.6. The number of piperazine rings is 1. The van der Waals surface area contributed by atoms with Crippen molar-refractivity contribution in [1.82, 2.24) is 9.62 Å². The van der Waals surface area contributed by atoms with E-state index in [-0.39, 0.29) is 16.7 Å². The van der Waals surface area contributed by atoms with Gasteiger partial charge in [0.15, 0.2) is 5.78 Å². The third-order valence-electron chi connectivity index (χ3n) is 4.83. The Hall–Kier alpha value is -2.02. The van der Waals surface area contributed by atoms with Crippen molar-refractivity contribution in [1.29, 1.82) is 0 Å². The number of carbonyl (C=O) groups is 1. The van der Waals surface area contributed by atoms with E-state index in [1.807, 2.05) is 12.1 Å². The van der Waals surface area contributed by atoms with Gasteiger partial charge in [-0.25, -0.2) is 8.42 Å². The molecule has 0 bridgehead atoms. The summed E-state index contributed by atoms with van der Waals surface area (Å²) in [5.74, 6) is -0.0787. The highest BCUT2D eigenvalue weighted by molar-refractivity contribution is 7.89. The second kappa shape index (κ2) is 7.70. The molecule has 1 heterocycles. The van der Waals surface area contributed by atoms with Crippen LogP contribution in [-0.2, 0) is 16.4 Å². The molecule has 0 radical (unpaired) electrons. The lowest BCUT2D eigenvalue weighted by atomic mass is 10.0. The molecule has 1 unspecified atom stereocenters. The van der Waals surface area contributed by atoms with Crippen LogP contribution in [0.25, 0.3) is 0 Å². The Bertz CT molecular complexity index is 874. The highest BCUT2D eigenvalue weighted by Gasteiger charge is 2.34. The first-order valence-corrected chi connectivity index (χ1v) is 10.3. The van der Waals surface area contributed by atoms with E-state index >= 15 is 0 Å². The zero-order valence-corrected chi connectivity index (χ0v) is 15.9. The molecule has 1 atom stereocenters. The molecule has 0 amide bonds. The lowest BCUT2D eigenvalue weighted by Gasteiger charge is -2.35. The quantitative estimate of drug-likeness (QED) is 0.820. The first-order valence-electron chi connectivity index (χ1n) is 8.86. The molecule has 5 nitrogen and oxygen atoms in total. The van der Waals surface area contributed by atoms with Crippen LogP contribution in [0.5, 0.6) is 0 Å². The lowest BCUT2D eigenvalue weighted by Crippen LogP contribution is -2.48. The summed E-state index contributed by atoms with van der Waals surface area (Å²) in [4.78, 5) is 11.7. The van der Waals surface area contributed by atoms with Crippen LogP contribution < -0.4 is 5.32 Å². The molecular weight excluding hydrogens is 348 g/mol. The topological polar surface area (TPSA) is 66.5 Å². The van der Waals surface area contributed by atoms with Crippen LogP contribution >= 0.6 is 0 Å². The van der Waals surface area contributed by atoms with E-state index in [0.717, 1.165) is 12.0 Å². The summed E-state index contributed by atoms with van der Waals surface area (Å²) in [5.41, 5.74) is 2.72. The molecule has 1 aliphatic heterocycles. The van der Waals surface area contributed by atoms with Crippen LogP contribution in [-0.4, -0.2) is 38.1 Å². The Kier molecular flexibility index (Phi) is 5.55. The summed E-state index contributed by atoms with van der Waals surface area (Å²) in [6.07, 6.45) is 0.952. The minimum Gasteiger partial charge on any atom is -0.313 e. The maximum atomic E-state index is 13.2. The van der Waals surface area contributed by atoms with Gasteiger partial charge in [-0.15, -0.1) is 0 Å². The number of hydrogen-bond donors (Lipinski definition) is 1. The van der Waals surface area contributed by atoms with E-state index in [1.54, 1.807) is 16.4 Å². The molecule has 0 aromatic heterocycles. The molecule has 1 saturated heterocycles. The minimum absolute atomic E-state index is 0.0787. The third-order valence-corrected chi connectivity index (χ3v) is 6.76. The highest BCUT2D eigenvalue weighted by Crippen LogP contribution is 2.29. The van der Waals surface area contributed by atoms with Gasteiger partial charge >= 0.3 is 0 Å². The molecule has 0 aliphatic carbocycles. The Morgan fingerprint density at radius 2 is 1.77 bits per heavy atom. The average molecular weight is 372 g/mol. The first-order chi connectivity index (χ1) is 12.4. The van der Waals surface area contributed by atoms with Gasteiger partial charge in [-0.3, -0.25) is 4.79 Å². The number of nitrogens with zero attached hydrogens (tertiary/aromatic N) is 1. The van der Waals surface area contributed by atoms with Gasteiger partial charge < -0.3 is 5.32 Å². The van der Waals surface area contributed by atoms with E-state index in [2.05, 4.69) is 24.4 Å². The van der Waals surface area contributed by atoms with Crippen LogP contribution in [0.4, 0.5) is 0 Å². The van der Waals surface area contributed by atoms with Crippen LogP contribution in [0.1, 0.15) is 41.4 Å². The van der Waals surface area contributed by atoms with Crippen LogP contribution in [0, 0.1) is 0 Å². The minimum atomic E-state index is -3.64. The molecule has 6 heteroatoms. The van der Waals surface area contributed by atoms with Gasteiger partial charge in [0.1, 0.15) is 0 Å². The van der Waals surface area contributed by atoms with Crippen molar-refractivity contribution < 1.29 is 13.2 Å². The molecule has 26 heavy (non-hydrogen) atoms. The zero-order valence-electron chi connectivity index (χ0n) is 15.1. The summed E-state index contributed by atoms with van der Waals surface area (Å²) >= 11 is 0. The molecular formula is C20H24N2O3S. The van der Waals surface area contributed by atoms with Crippen molar-refractivity contribution in [3.63, 3.8) is 0 Å². The third kappa shape index (κ3) is 3.72. The Labute approximate surface area is 155 Å². The van der Waals surface area contributed by atoms with Crippen molar-refractivity contribution >= 4 is 15.8 Å². The standard InChI is InChI=1S/C20H24N2O3S/c1-3-16-4-6-18(7-5-16)20-14-21-12-13-22(20)26(24,25)19-10-8-17(9-11-19)15(2)23/h4-11,20-21H,3,12-14H2,1-2H3. The van der Waals surface area contributed by atoms with Crippen LogP contribution in [0.2, 0.25) is 0 Å². The maximum absolute atomic E-state index is 13.2. The summed E-state index contributed by atoms with van der Waals surface area (Å²) < 4.78 is 27.9. The van der Waals surface area contributed by atoms with Gasteiger partial charge in [-0.1, -0.05) is 43.3 Å². The number of benzene rings is 2. The fourth-order valence-corrected chi connectivity index (χ4v) is 4.84. The highest BCUT2D eigenvalue weighted by atomic mass is 32.2. The SMILES string of the molecule is CCc1ccc(C2CNCCN2S(=O)(=O)c2ccc(C(C)=O)cc2)cc1. The molecule has 1 aliphatic rings. The maximum Gasteiger partial charge on any atom is 0.243 e. The van der Waals surface area contributed by atoms with Crippen LogP contribution in [0.15, 0.2) is 53.4 Å². The molecule has 2 aromatic carbocycles. The fraction of sp³-hybridized carbons (Fsp3) is 0.350. The second-order valence-corrected chi connectivity index (χ2v) is 8.40. The van der Waals surface area contributed by atoms with Crippen molar-refractivity contribution in [2.24, 2.45) is 0 Å². The number of hydrogen-bond acceptors (Lipinski definition) is 4. The van der Waals surface area contributed by atoms with Gasteiger partial charge in [-0.05, 0) is 36.6 Å². The van der Waals surface area contributed by atoms with Crippen molar-refractivity contribution in [2.75, 3.05) is 19.6 Å². The number of rotatable bonds is 5. The van der Waals surface area contributed by atoms with Crippen molar-refractivity contribution in [2.45, 2.75) is 31.2 Å². The fourth-order valence-electron chi connectivity index (χ4n) is 3.23. The molecule has 0 saturated carbocycles. The Morgan fingerprint density at radius 3 is 2.35 bits per heavy atom. The number of carbonyl (C=O) groups excluding carboxylic acids is 1. The summed E-state index contributed by atoms with van der Waals surface area (Å²) in [6, 6.07) is 14.1. The summed E-state index contributed by atoms with van der Waals surface area (Å²) in [7, 11) is -3.64. The van der Waals surface area contributed by atoms with E-state index in [4.69, 9.17) is 0 Å². The largest absolute Gasteiger partial charge is 0.313 e. The van der Waals surface area contributed by atoms with E-state index in [9.17, 15) is 13.2 Å². The number of sulfonamides is 1. The molecule has 3 rings (SSSR count). The Balaban J connectivity index is 1.93. The van der Waals surface area contributed by atoms with Crippen molar-refractivity contribution in [3.05, 3.63) is 65.2 Å². The van der Waals surface area contributed by atoms with Gasteiger partial charge in [0.05, 0.1) is 10.9 Å². The van der Waals surface area contributed by atoms with Gasteiger partial charge in [0, 0.05) is 25.2 Å². The molecule has 138 valence electrons. The van der Waals surface area contributed by atoms with Gasteiger partial charge in [-0.2, -0.15) is 4.31 Å². The summed E-state index contributed by atoms with van der Waals surface area (Å²) in [6.45, 7) is 5.18. The monoisotopic (exact) mass is 372 g/mol. The second-order valence-electron chi connectivity index (χ2n) is 6.51. The lowest BCUT2D eigenvalue weighted by molar-refractivity contribution is 0.101. The van der Waals surface area contributed by atoms with Gasteiger partial charge in [0.25, 0.3) is 0 Å². The van der Waals surface area contributed by atoms with E-state index < -0.39 is 10.0 Å². The molecule has 1 fully saturated rings. The summed E-state index contributed by atoms with van der Waals surface area (Å²) in [5, 5.41) is 3.29. The molecule has 2 aromatic rings. The Morgan fingerprint density at radius 1 is 1.12 bits per heavy atom. The zero-order chi connectivity index (χ0) is 18.7. The number of ketones is 1. The number of Topliss-reactive ketones (excluding diaryl/α,β-unsaturated/α-hetero) is 1.